The first kappa shape index (κ1) is 20.5. The third-order valence-electron chi connectivity index (χ3n) is 3.68. The van der Waals surface area contributed by atoms with Gasteiger partial charge < -0.3 is 18.6 Å². The van der Waals surface area contributed by atoms with E-state index in [9.17, 15) is 4.79 Å². The van der Waals surface area contributed by atoms with Crippen molar-refractivity contribution < 1.29 is 13.8 Å². The zero-order valence-corrected chi connectivity index (χ0v) is 17.6. The molecule has 0 bridgehead atoms. The first-order valence-corrected chi connectivity index (χ1v) is 11.7. The van der Waals surface area contributed by atoms with Crippen LogP contribution in [-0.2, 0) is 27.3 Å². The number of hydrogen-bond acceptors (Lipinski definition) is 5. The van der Waals surface area contributed by atoms with Crippen molar-refractivity contribution >= 4 is 41.1 Å². The molecule has 5 nitrogen and oxygen atoms in total. The van der Waals surface area contributed by atoms with Crippen LogP contribution in [-0.4, -0.2) is 48.7 Å². The monoisotopic (exact) mass is 400 g/mol. The Morgan fingerprint density at radius 3 is 2.56 bits per heavy atom. The molecule has 2 rings (SSSR count). The summed E-state index contributed by atoms with van der Waals surface area (Å²) in [6.07, 6.45) is 0.873. The average Bonchev–Trinajstić information content (AvgIpc) is 2.59. The summed E-state index contributed by atoms with van der Waals surface area (Å²) in [6.45, 7) is 2.92. The number of rotatable bonds is 6. The largest absolute Gasteiger partial charge is 0.339 e. The molecule has 0 atom stereocenters. The van der Waals surface area contributed by atoms with Crippen molar-refractivity contribution in [3.63, 3.8) is 0 Å². The summed E-state index contributed by atoms with van der Waals surface area (Å²) in [5.74, 6) is 0. The fourth-order valence-corrected chi connectivity index (χ4v) is 6.24. The van der Waals surface area contributed by atoms with E-state index < -0.39 is 6.64 Å². The van der Waals surface area contributed by atoms with Gasteiger partial charge in [-0.15, -0.1) is 0 Å². The highest BCUT2D eigenvalue weighted by molar-refractivity contribution is 8.16. The molecule has 0 aliphatic carbocycles. The van der Waals surface area contributed by atoms with Crippen LogP contribution < -0.4 is 0 Å². The smallest absolute Gasteiger partial charge is 0.290 e. The van der Waals surface area contributed by atoms with E-state index in [0.717, 1.165) is 36.0 Å². The van der Waals surface area contributed by atoms with E-state index in [2.05, 4.69) is 12.1 Å². The van der Waals surface area contributed by atoms with E-state index in [1.807, 2.05) is 36.1 Å². The maximum absolute atomic E-state index is 12.1. The molecule has 1 amide bonds. The van der Waals surface area contributed by atoms with Gasteiger partial charge in [-0.05, 0) is 49.4 Å². The number of carbonyl (C=O) groups is 1. The van der Waals surface area contributed by atoms with Crippen molar-refractivity contribution in [1.29, 1.82) is 0 Å². The summed E-state index contributed by atoms with van der Waals surface area (Å²) in [7, 11) is 3.48. The van der Waals surface area contributed by atoms with E-state index in [1.165, 1.54) is 5.56 Å². The van der Waals surface area contributed by atoms with Crippen molar-refractivity contribution in [2.75, 3.05) is 33.9 Å². The number of fused-ring (bicyclic) bond motifs is 1. The van der Waals surface area contributed by atoms with Crippen LogP contribution in [0.3, 0.4) is 0 Å². The molecule has 1 aliphatic rings. The predicted octanol–water partition coefficient (Wildman–Crippen LogP) is 4.56. The Hall–Kier alpha value is -0.850. The Balaban J connectivity index is 2.46. The topological polar surface area (TPSA) is 42.0 Å². The van der Waals surface area contributed by atoms with Gasteiger partial charge in [-0.3, -0.25) is 4.79 Å². The third-order valence-corrected chi connectivity index (χ3v) is 7.99. The van der Waals surface area contributed by atoms with Gasteiger partial charge in [-0.2, -0.15) is 0 Å². The van der Waals surface area contributed by atoms with Crippen LogP contribution in [0.2, 0.25) is 0 Å². The maximum Gasteiger partial charge on any atom is 0.290 e. The number of amides is 1. The Labute approximate surface area is 159 Å². The molecule has 0 fully saturated rings. The van der Waals surface area contributed by atoms with E-state index in [0.29, 0.717) is 13.2 Å². The number of benzene rings is 1. The molecule has 1 aromatic rings. The summed E-state index contributed by atoms with van der Waals surface area (Å²) < 4.78 is 13.8. The second kappa shape index (κ2) is 9.19. The fourth-order valence-electron chi connectivity index (χ4n) is 2.57. The lowest BCUT2D eigenvalue weighted by molar-refractivity contribution is 0.234. The van der Waals surface area contributed by atoms with E-state index in [1.54, 1.807) is 19.0 Å². The van der Waals surface area contributed by atoms with Gasteiger partial charge in [0, 0.05) is 31.6 Å². The van der Waals surface area contributed by atoms with Gasteiger partial charge in [0.25, 0.3) is 11.9 Å². The number of thioether (sulfide) groups is 1. The molecular weight excluding hydrogens is 375 g/mol. The minimum atomic E-state index is -2.63. The van der Waals surface area contributed by atoms with Crippen LogP contribution in [0.5, 0.6) is 0 Å². The van der Waals surface area contributed by atoms with Gasteiger partial charge in [0.05, 0.1) is 18.9 Å². The Kier molecular flexibility index (Phi) is 7.52. The molecule has 0 unspecified atom stereocenters. The van der Waals surface area contributed by atoms with Gasteiger partial charge in [0.15, 0.2) is 0 Å². The maximum atomic E-state index is 12.1. The van der Waals surface area contributed by atoms with Crippen LogP contribution in [0.15, 0.2) is 29.7 Å². The van der Waals surface area contributed by atoms with Crippen LogP contribution in [0.1, 0.15) is 25.0 Å². The predicted molar refractivity (Wildman–Crippen MR) is 109 cm³/mol. The molecule has 1 aromatic carbocycles. The third kappa shape index (κ3) is 4.86. The summed E-state index contributed by atoms with van der Waals surface area (Å²) >= 11 is 6.96. The average molecular weight is 401 g/mol. The van der Waals surface area contributed by atoms with Crippen molar-refractivity contribution in [2.45, 2.75) is 20.3 Å². The summed E-state index contributed by atoms with van der Waals surface area (Å²) in [5.41, 5.74) is 3.24. The standard InChI is InChI=1S/C17H25N2O3PS2/c1-5-21-23(24,22-6-2)19-12-11-14-9-7-8-10-15(14)16(19)13-25-17(20)18(3)4/h7-10,13H,5-6,11-12H2,1-4H3/b16-13+. The molecule has 8 heteroatoms. The zero-order chi connectivity index (χ0) is 18.4. The van der Waals surface area contributed by atoms with Gasteiger partial charge in [-0.25, -0.2) is 0 Å². The normalized spacial score (nSPS) is 16.0. The first-order chi connectivity index (χ1) is 11.9. The molecule has 138 valence electrons. The SMILES string of the molecule is CCOP(=S)(OCC)N1CCc2ccccc2/C1=C\SC(=O)N(C)C. The Bertz CT molecular complexity index is 684. The molecule has 0 saturated carbocycles. The molecule has 0 spiro atoms. The molecule has 0 aromatic heterocycles. The first-order valence-electron chi connectivity index (χ1n) is 8.26. The molecule has 1 aliphatic heterocycles. The van der Waals surface area contributed by atoms with Crippen molar-refractivity contribution in [3.8, 4) is 0 Å². The van der Waals surface area contributed by atoms with Gasteiger partial charge >= 0.3 is 0 Å². The lowest BCUT2D eigenvalue weighted by Gasteiger charge is -2.39. The van der Waals surface area contributed by atoms with Crippen LogP contribution >= 0.6 is 18.4 Å². The minimum Gasteiger partial charge on any atom is -0.339 e. The summed E-state index contributed by atoms with van der Waals surface area (Å²) in [6, 6.07) is 8.21. The van der Waals surface area contributed by atoms with Crippen LogP contribution in [0, 0.1) is 0 Å². The summed E-state index contributed by atoms with van der Waals surface area (Å²) in [5, 5.41) is 1.84. The van der Waals surface area contributed by atoms with Crippen molar-refractivity contribution in [1.82, 2.24) is 9.57 Å². The molecular formula is C17H25N2O3PS2. The number of hydrogen-bond donors (Lipinski definition) is 0. The lowest BCUT2D eigenvalue weighted by Crippen LogP contribution is -2.29. The van der Waals surface area contributed by atoms with Crippen molar-refractivity contribution in [2.24, 2.45) is 0 Å². The fraction of sp³-hybridized carbons (Fsp3) is 0.471. The van der Waals surface area contributed by atoms with Crippen LogP contribution in [0.4, 0.5) is 4.79 Å². The second-order valence-corrected chi connectivity index (χ2v) is 9.76. The van der Waals surface area contributed by atoms with Gasteiger partial charge in [-0.1, -0.05) is 24.3 Å². The molecule has 25 heavy (non-hydrogen) atoms. The number of nitrogens with zero attached hydrogens (tertiary/aromatic N) is 2. The molecule has 0 saturated heterocycles. The molecule has 1 heterocycles. The quantitative estimate of drug-likeness (QED) is 0.653. The minimum absolute atomic E-state index is 0.0309. The van der Waals surface area contributed by atoms with E-state index in [-0.39, 0.29) is 5.24 Å². The van der Waals surface area contributed by atoms with Crippen molar-refractivity contribution in [3.05, 3.63) is 40.8 Å². The molecule has 0 radical (unpaired) electrons. The van der Waals surface area contributed by atoms with Gasteiger partial charge in [0.2, 0.25) is 0 Å². The second-order valence-electron chi connectivity index (χ2n) is 5.62. The highest BCUT2D eigenvalue weighted by Crippen LogP contribution is 2.57. The van der Waals surface area contributed by atoms with E-state index in [4.69, 9.17) is 20.9 Å². The Morgan fingerprint density at radius 1 is 1.32 bits per heavy atom. The Morgan fingerprint density at radius 2 is 1.96 bits per heavy atom. The van der Waals surface area contributed by atoms with Crippen LogP contribution in [0.25, 0.3) is 5.70 Å². The molecule has 0 N–H and O–H groups in total. The van der Waals surface area contributed by atoms with Gasteiger partial charge in [0.1, 0.15) is 0 Å². The zero-order valence-electron chi connectivity index (χ0n) is 15.1. The number of carbonyl (C=O) groups excluding carboxylic acids is 1. The summed E-state index contributed by atoms with van der Waals surface area (Å²) in [4.78, 5) is 13.6. The lowest BCUT2D eigenvalue weighted by atomic mass is 9.99. The van der Waals surface area contributed by atoms with E-state index >= 15 is 0 Å². The highest BCUT2D eigenvalue weighted by Gasteiger charge is 2.34. The highest BCUT2D eigenvalue weighted by atomic mass is 32.5.